The number of halogens is 1. The molecule has 0 aliphatic rings. The number of ether oxygens (including phenoxy) is 1. The SMILES string of the molecule is COc1ccc(F)cc1CC(=O)C(Cc1ccc(O)cc1)NC(=O)c1ccccc1C. The van der Waals surface area contributed by atoms with E-state index in [9.17, 15) is 19.1 Å². The Labute approximate surface area is 180 Å². The molecule has 0 saturated heterocycles. The van der Waals surface area contributed by atoms with Gasteiger partial charge in [0.1, 0.15) is 17.3 Å². The van der Waals surface area contributed by atoms with Crippen LogP contribution in [0.4, 0.5) is 4.39 Å². The van der Waals surface area contributed by atoms with Gasteiger partial charge in [-0.1, -0.05) is 30.3 Å². The van der Waals surface area contributed by atoms with Gasteiger partial charge in [0, 0.05) is 17.5 Å². The third-order valence-electron chi connectivity index (χ3n) is 5.07. The molecule has 0 aliphatic carbocycles. The number of carbonyl (C=O) groups excluding carboxylic acids is 2. The molecule has 0 fully saturated rings. The fourth-order valence-electron chi connectivity index (χ4n) is 3.37. The fourth-order valence-corrected chi connectivity index (χ4v) is 3.37. The predicted octanol–water partition coefficient (Wildman–Crippen LogP) is 4.00. The average molecular weight is 421 g/mol. The number of hydrogen-bond acceptors (Lipinski definition) is 4. The van der Waals surface area contributed by atoms with Crippen LogP contribution in [-0.4, -0.2) is 29.9 Å². The molecule has 0 spiro atoms. The second-order valence-electron chi connectivity index (χ2n) is 7.31. The number of aryl methyl sites for hydroxylation is 1. The van der Waals surface area contributed by atoms with Gasteiger partial charge in [-0.3, -0.25) is 9.59 Å². The van der Waals surface area contributed by atoms with Crippen LogP contribution in [0.25, 0.3) is 0 Å². The van der Waals surface area contributed by atoms with E-state index < -0.39 is 11.9 Å². The zero-order chi connectivity index (χ0) is 22.4. The number of aromatic hydroxyl groups is 1. The number of Topliss-reactive ketones (excluding diaryl/α,β-unsaturated/α-hetero) is 1. The lowest BCUT2D eigenvalue weighted by Crippen LogP contribution is -2.43. The number of methoxy groups -OCH3 is 1. The van der Waals surface area contributed by atoms with Gasteiger partial charge < -0.3 is 15.2 Å². The quantitative estimate of drug-likeness (QED) is 0.577. The van der Waals surface area contributed by atoms with Gasteiger partial charge in [-0.15, -0.1) is 0 Å². The summed E-state index contributed by atoms with van der Waals surface area (Å²) in [5, 5.41) is 12.3. The Morgan fingerprint density at radius 1 is 1.06 bits per heavy atom. The molecule has 0 aliphatic heterocycles. The number of benzene rings is 3. The largest absolute Gasteiger partial charge is 0.508 e. The van der Waals surface area contributed by atoms with Gasteiger partial charge >= 0.3 is 0 Å². The molecule has 160 valence electrons. The van der Waals surface area contributed by atoms with E-state index in [1.807, 2.05) is 19.1 Å². The molecule has 3 rings (SSSR count). The number of carbonyl (C=O) groups is 2. The summed E-state index contributed by atoms with van der Waals surface area (Å²) in [5.74, 6) is -0.591. The summed E-state index contributed by atoms with van der Waals surface area (Å²) >= 11 is 0. The number of hydrogen-bond donors (Lipinski definition) is 2. The second-order valence-corrected chi connectivity index (χ2v) is 7.31. The minimum Gasteiger partial charge on any atom is -0.508 e. The van der Waals surface area contributed by atoms with E-state index in [4.69, 9.17) is 4.74 Å². The third-order valence-corrected chi connectivity index (χ3v) is 5.07. The third kappa shape index (κ3) is 5.69. The van der Waals surface area contributed by atoms with Crippen LogP contribution in [0.2, 0.25) is 0 Å². The summed E-state index contributed by atoms with van der Waals surface area (Å²) in [4.78, 5) is 26.0. The smallest absolute Gasteiger partial charge is 0.252 e. The molecule has 6 heteroatoms. The number of rotatable bonds is 8. The average Bonchev–Trinajstić information content (AvgIpc) is 2.75. The van der Waals surface area contributed by atoms with Crippen molar-refractivity contribution in [2.45, 2.75) is 25.8 Å². The second kappa shape index (κ2) is 9.89. The van der Waals surface area contributed by atoms with E-state index >= 15 is 0 Å². The van der Waals surface area contributed by atoms with Gasteiger partial charge in [-0.25, -0.2) is 4.39 Å². The van der Waals surface area contributed by atoms with Crippen molar-refractivity contribution in [1.29, 1.82) is 0 Å². The standard InChI is InChI=1S/C25H24FNO4/c1-16-5-3-4-6-21(16)25(30)27-22(13-17-7-10-20(28)11-8-17)23(29)15-18-14-19(26)9-12-24(18)31-2/h3-12,14,22,28H,13,15H2,1-2H3,(H,27,30). The fraction of sp³-hybridized carbons (Fsp3) is 0.200. The van der Waals surface area contributed by atoms with Crippen LogP contribution in [-0.2, 0) is 17.6 Å². The van der Waals surface area contributed by atoms with Crippen molar-refractivity contribution in [3.63, 3.8) is 0 Å². The van der Waals surface area contributed by atoms with Gasteiger partial charge in [0.15, 0.2) is 5.78 Å². The first kappa shape index (κ1) is 22.0. The molecule has 2 N–H and O–H groups in total. The molecule has 0 bridgehead atoms. The lowest BCUT2D eigenvalue weighted by Gasteiger charge is -2.19. The van der Waals surface area contributed by atoms with Gasteiger partial charge in [-0.05, 0) is 60.9 Å². The number of amides is 1. The molecular formula is C25H24FNO4. The maximum absolute atomic E-state index is 13.7. The zero-order valence-electron chi connectivity index (χ0n) is 17.4. The van der Waals surface area contributed by atoms with E-state index in [-0.39, 0.29) is 30.3 Å². The predicted molar refractivity (Wildman–Crippen MR) is 116 cm³/mol. The summed E-state index contributed by atoms with van der Waals surface area (Å²) in [6, 6.07) is 16.7. The summed E-state index contributed by atoms with van der Waals surface area (Å²) in [6.45, 7) is 1.82. The van der Waals surface area contributed by atoms with Crippen molar-refractivity contribution < 1.29 is 23.8 Å². The molecule has 31 heavy (non-hydrogen) atoms. The van der Waals surface area contributed by atoms with Crippen LogP contribution in [0.1, 0.15) is 27.0 Å². The monoisotopic (exact) mass is 421 g/mol. The molecule has 1 atom stereocenters. The van der Waals surface area contributed by atoms with Crippen molar-refractivity contribution in [2.75, 3.05) is 7.11 Å². The zero-order valence-corrected chi connectivity index (χ0v) is 17.4. The highest BCUT2D eigenvalue weighted by Gasteiger charge is 2.24. The Morgan fingerprint density at radius 3 is 2.45 bits per heavy atom. The normalized spacial score (nSPS) is 11.6. The Bertz CT molecular complexity index is 1080. The van der Waals surface area contributed by atoms with E-state index in [0.29, 0.717) is 16.9 Å². The summed E-state index contributed by atoms with van der Waals surface area (Å²) < 4.78 is 19.0. The number of nitrogens with one attached hydrogen (secondary N) is 1. The van der Waals surface area contributed by atoms with Crippen LogP contribution in [0.15, 0.2) is 66.7 Å². The highest BCUT2D eigenvalue weighted by Crippen LogP contribution is 2.21. The van der Waals surface area contributed by atoms with Crippen molar-refractivity contribution in [3.8, 4) is 11.5 Å². The topological polar surface area (TPSA) is 75.6 Å². The van der Waals surface area contributed by atoms with Crippen LogP contribution < -0.4 is 10.1 Å². The molecule has 0 aromatic heterocycles. The van der Waals surface area contributed by atoms with Crippen molar-refractivity contribution >= 4 is 11.7 Å². The van der Waals surface area contributed by atoms with E-state index in [2.05, 4.69) is 5.32 Å². The van der Waals surface area contributed by atoms with E-state index in [0.717, 1.165) is 11.1 Å². The number of phenols is 1. The minimum atomic E-state index is -0.843. The molecule has 0 heterocycles. The van der Waals surface area contributed by atoms with Crippen LogP contribution >= 0.6 is 0 Å². The summed E-state index contributed by atoms with van der Waals surface area (Å²) in [7, 11) is 1.45. The van der Waals surface area contributed by atoms with E-state index in [1.54, 1.807) is 24.3 Å². The molecule has 1 unspecified atom stereocenters. The van der Waals surface area contributed by atoms with Crippen LogP contribution in [0, 0.1) is 12.7 Å². The molecule has 3 aromatic rings. The summed E-state index contributed by atoms with van der Waals surface area (Å²) in [6.07, 6.45) is 0.131. The van der Waals surface area contributed by atoms with E-state index in [1.165, 1.54) is 37.4 Å². The van der Waals surface area contributed by atoms with Gasteiger partial charge in [0.2, 0.25) is 0 Å². The lowest BCUT2D eigenvalue weighted by molar-refractivity contribution is -0.120. The first-order valence-corrected chi connectivity index (χ1v) is 9.87. The first-order chi connectivity index (χ1) is 14.9. The van der Waals surface area contributed by atoms with Crippen molar-refractivity contribution in [1.82, 2.24) is 5.32 Å². The molecule has 0 radical (unpaired) electrons. The van der Waals surface area contributed by atoms with Crippen molar-refractivity contribution in [2.24, 2.45) is 0 Å². The molecular weight excluding hydrogens is 397 g/mol. The molecule has 3 aromatic carbocycles. The maximum Gasteiger partial charge on any atom is 0.252 e. The van der Waals surface area contributed by atoms with Gasteiger partial charge in [-0.2, -0.15) is 0 Å². The highest BCUT2D eigenvalue weighted by atomic mass is 19.1. The van der Waals surface area contributed by atoms with Crippen molar-refractivity contribution in [3.05, 3.63) is 94.8 Å². The lowest BCUT2D eigenvalue weighted by atomic mass is 9.96. The number of phenolic OH excluding ortho intramolecular Hbond substituents is 1. The molecule has 5 nitrogen and oxygen atoms in total. The van der Waals surface area contributed by atoms with Gasteiger partial charge in [0.25, 0.3) is 5.91 Å². The first-order valence-electron chi connectivity index (χ1n) is 9.87. The Hall–Kier alpha value is -3.67. The minimum absolute atomic E-state index is 0.0995. The number of ketones is 1. The summed E-state index contributed by atoms with van der Waals surface area (Å²) in [5.41, 5.74) is 2.46. The van der Waals surface area contributed by atoms with Crippen LogP contribution in [0.3, 0.4) is 0 Å². The highest BCUT2D eigenvalue weighted by molar-refractivity contribution is 5.99. The van der Waals surface area contributed by atoms with Crippen LogP contribution in [0.5, 0.6) is 11.5 Å². The Morgan fingerprint density at radius 2 is 1.77 bits per heavy atom. The Balaban J connectivity index is 1.86. The maximum atomic E-state index is 13.7. The van der Waals surface area contributed by atoms with Gasteiger partial charge in [0.05, 0.1) is 13.2 Å². The molecule has 1 amide bonds. The Kier molecular flexibility index (Phi) is 7.03. The molecule has 0 saturated carbocycles.